The van der Waals surface area contributed by atoms with Gasteiger partial charge in [0.15, 0.2) is 0 Å². The van der Waals surface area contributed by atoms with E-state index in [1.807, 2.05) is 6.08 Å². The number of hydrogen-bond donors (Lipinski definition) is 1. The van der Waals surface area contributed by atoms with E-state index in [1.54, 1.807) is 0 Å². The van der Waals surface area contributed by atoms with Crippen LogP contribution in [0.5, 0.6) is 0 Å². The third kappa shape index (κ3) is 1.73. The van der Waals surface area contributed by atoms with E-state index in [1.165, 1.54) is 12.8 Å². The minimum absolute atomic E-state index is 0.412. The fraction of sp³-hybridized carbons (Fsp3) is 0.667. The highest BCUT2D eigenvalue weighted by atomic mass is 16.3. The summed E-state index contributed by atoms with van der Waals surface area (Å²) in [5.74, 6) is 0. The molecule has 1 N–H and O–H groups in total. The summed E-state index contributed by atoms with van der Waals surface area (Å²) >= 11 is 0. The lowest BCUT2D eigenvalue weighted by Gasteiger charge is -2.18. The van der Waals surface area contributed by atoms with Gasteiger partial charge in [-0.1, -0.05) is 19.4 Å². The van der Waals surface area contributed by atoms with Crippen molar-refractivity contribution in [3.63, 3.8) is 0 Å². The summed E-state index contributed by atoms with van der Waals surface area (Å²) in [5, 5.41) is 9.72. The van der Waals surface area contributed by atoms with Crippen LogP contribution in [0.2, 0.25) is 0 Å². The van der Waals surface area contributed by atoms with Crippen LogP contribution in [0.3, 0.4) is 0 Å². The molecule has 10 heavy (non-hydrogen) atoms. The van der Waals surface area contributed by atoms with Crippen LogP contribution in [0.25, 0.3) is 0 Å². The first-order valence-corrected chi connectivity index (χ1v) is 3.83. The second-order valence-electron chi connectivity index (χ2n) is 3.04. The van der Waals surface area contributed by atoms with Crippen LogP contribution in [0.4, 0.5) is 0 Å². The normalized spacial score (nSPS) is 22.1. The molecule has 0 radical (unpaired) electrons. The van der Waals surface area contributed by atoms with E-state index >= 15 is 0 Å². The van der Waals surface area contributed by atoms with Gasteiger partial charge in [-0.2, -0.15) is 0 Å². The van der Waals surface area contributed by atoms with Crippen LogP contribution >= 0.6 is 0 Å². The number of hydrogen-bond acceptors (Lipinski definition) is 1. The molecule has 0 unspecified atom stereocenters. The quantitative estimate of drug-likeness (QED) is 0.579. The predicted molar refractivity (Wildman–Crippen MR) is 41.7 cm³/mol. The maximum absolute atomic E-state index is 9.72. The molecule has 0 amide bonds. The van der Waals surface area contributed by atoms with Crippen LogP contribution in [0, 0.1) is 0 Å². The lowest BCUT2D eigenvalue weighted by Crippen LogP contribution is -2.22. The first kappa shape index (κ1) is 7.59. The Kier molecular flexibility index (Phi) is 2.31. The third-order valence-electron chi connectivity index (χ3n) is 2.16. The first-order chi connectivity index (χ1) is 4.77. The molecular formula is C9H14O. The zero-order valence-corrected chi connectivity index (χ0v) is 6.27. The molecule has 1 aliphatic carbocycles. The van der Waals surface area contributed by atoms with Gasteiger partial charge in [-0.05, 0) is 18.9 Å². The summed E-state index contributed by atoms with van der Waals surface area (Å²) in [6, 6.07) is 0. The van der Waals surface area contributed by atoms with Crippen molar-refractivity contribution in [1.82, 2.24) is 0 Å². The summed E-state index contributed by atoms with van der Waals surface area (Å²) in [6.07, 6.45) is 6.79. The minimum Gasteiger partial charge on any atom is -0.390 e. The van der Waals surface area contributed by atoms with E-state index in [2.05, 4.69) is 12.3 Å². The molecule has 0 aromatic rings. The van der Waals surface area contributed by atoms with E-state index in [0.717, 1.165) is 19.3 Å². The molecule has 1 saturated carbocycles. The molecule has 1 rings (SSSR count). The predicted octanol–water partition coefficient (Wildman–Crippen LogP) is 2.02. The molecule has 0 heterocycles. The fourth-order valence-corrected chi connectivity index (χ4v) is 1.50. The van der Waals surface area contributed by atoms with E-state index in [-0.39, 0.29) is 0 Å². The highest BCUT2D eigenvalue weighted by Gasteiger charge is 2.29. The van der Waals surface area contributed by atoms with Crippen molar-refractivity contribution in [2.45, 2.75) is 37.7 Å². The molecule has 1 heteroatoms. The minimum atomic E-state index is -0.412. The Balaban J connectivity index is 2.42. The van der Waals surface area contributed by atoms with Crippen molar-refractivity contribution < 1.29 is 5.11 Å². The average Bonchev–Trinajstić information content (AvgIpc) is 2.33. The van der Waals surface area contributed by atoms with Gasteiger partial charge in [0, 0.05) is 6.42 Å². The van der Waals surface area contributed by atoms with Crippen molar-refractivity contribution in [2.75, 3.05) is 0 Å². The summed E-state index contributed by atoms with van der Waals surface area (Å²) in [6.45, 7) is 3.46. The van der Waals surface area contributed by atoms with Gasteiger partial charge < -0.3 is 5.11 Å². The Hall–Kier alpha value is -0.520. The SMILES string of the molecule is C=C=CCC1(O)CCCC1. The summed E-state index contributed by atoms with van der Waals surface area (Å²) < 4.78 is 0. The van der Waals surface area contributed by atoms with Crippen LogP contribution in [-0.4, -0.2) is 10.7 Å². The molecule has 0 aromatic heterocycles. The maximum Gasteiger partial charge on any atom is 0.0688 e. The van der Waals surface area contributed by atoms with Gasteiger partial charge in [-0.3, -0.25) is 0 Å². The van der Waals surface area contributed by atoms with Gasteiger partial charge in [-0.15, -0.1) is 5.73 Å². The molecule has 0 spiro atoms. The highest BCUT2D eigenvalue weighted by molar-refractivity contribution is 4.92. The summed E-state index contributed by atoms with van der Waals surface area (Å²) in [7, 11) is 0. The largest absolute Gasteiger partial charge is 0.390 e. The van der Waals surface area contributed by atoms with E-state index < -0.39 is 5.60 Å². The van der Waals surface area contributed by atoms with E-state index in [4.69, 9.17) is 0 Å². The molecule has 0 atom stereocenters. The van der Waals surface area contributed by atoms with Crippen LogP contribution in [0.15, 0.2) is 18.4 Å². The lowest BCUT2D eigenvalue weighted by atomic mass is 9.98. The molecule has 0 aromatic carbocycles. The molecule has 56 valence electrons. The standard InChI is InChI=1S/C9H14O/c1-2-3-6-9(10)7-4-5-8-9/h3,10H,1,4-8H2. The average molecular weight is 138 g/mol. The Labute approximate surface area is 62.1 Å². The van der Waals surface area contributed by atoms with Crippen molar-refractivity contribution in [3.05, 3.63) is 18.4 Å². The Morgan fingerprint density at radius 1 is 1.50 bits per heavy atom. The Morgan fingerprint density at radius 2 is 2.10 bits per heavy atom. The smallest absolute Gasteiger partial charge is 0.0688 e. The molecule has 0 aliphatic heterocycles. The van der Waals surface area contributed by atoms with Crippen LogP contribution in [-0.2, 0) is 0 Å². The zero-order chi connectivity index (χ0) is 7.45. The topological polar surface area (TPSA) is 20.2 Å². The molecule has 1 fully saturated rings. The van der Waals surface area contributed by atoms with Crippen molar-refractivity contribution in [2.24, 2.45) is 0 Å². The monoisotopic (exact) mass is 138 g/mol. The fourth-order valence-electron chi connectivity index (χ4n) is 1.50. The van der Waals surface area contributed by atoms with Crippen LogP contribution < -0.4 is 0 Å². The zero-order valence-electron chi connectivity index (χ0n) is 6.27. The second kappa shape index (κ2) is 3.05. The molecule has 1 nitrogen and oxygen atoms in total. The van der Waals surface area contributed by atoms with Gasteiger partial charge >= 0.3 is 0 Å². The van der Waals surface area contributed by atoms with E-state index in [0.29, 0.717) is 0 Å². The van der Waals surface area contributed by atoms with Crippen molar-refractivity contribution in [1.29, 1.82) is 0 Å². The van der Waals surface area contributed by atoms with E-state index in [9.17, 15) is 5.11 Å². The van der Waals surface area contributed by atoms with Crippen LogP contribution in [0.1, 0.15) is 32.1 Å². The second-order valence-corrected chi connectivity index (χ2v) is 3.04. The van der Waals surface area contributed by atoms with Gasteiger partial charge in [-0.25, -0.2) is 0 Å². The van der Waals surface area contributed by atoms with Crippen molar-refractivity contribution in [3.8, 4) is 0 Å². The maximum atomic E-state index is 9.72. The summed E-state index contributed by atoms with van der Waals surface area (Å²) in [4.78, 5) is 0. The number of aliphatic hydroxyl groups is 1. The van der Waals surface area contributed by atoms with Gasteiger partial charge in [0.2, 0.25) is 0 Å². The van der Waals surface area contributed by atoms with Gasteiger partial charge in [0.05, 0.1) is 5.60 Å². The number of rotatable bonds is 2. The molecule has 0 bridgehead atoms. The molecule has 0 saturated heterocycles. The van der Waals surface area contributed by atoms with Gasteiger partial charge in [0.1, 0.15) is 0 Å². The van der Waals surface area contributed by atoms with Crippen molar-refractivity contribution >= 4 is 0 Å². The highest BCUT2D eigenvalue weighted by Crippen LogP contribution is 2.32. The Bertz CT molecular complexity index is 148. The third-order valence-corrected chi connectivity index (χ3v) is 2.16. The lowest BCUT2D eigenvalue weighted by molar-refractivity contribution is 0.0510. The molecular weight excluding hydrogens is 124 g/mol. The Morgan fingerprint density at radius 3 is 2.60 bits per heavy atom. The summed E-state index contributed by atoms with van der Waals surface area (Å²) in [5.41, 5.74) is 2.27. The first-order valence-electron chi connectivity index (χ1n) is 3.83. The van der Waals surface area contributed by atoms with Gasteiger partial charge in [0.25, 0.3) is 0 Å². The molecule has 1 aliphatic rings.